The highest BCUT2D eigenvalue weighted by atomic mass is 32.2. The summed E-state index contributed by atoms with van der Waals surface area (Å²) in [6.07, 6.45) is 0. The molecule has 25 heavy (non-hydrogen) atoms. The monoisotopic (exact) mass is 362 g/mol. The number of thioether (sulfide) groups is 1. The van der Waals surface area contributed by atoms with Gasteiger partial charge >= 0.3 is 0 Å². The lowest BCUT2D eigenvalue weighted by Gasteiger charge is -2.39. The molecule has 1 fully saturated rings. The molecular weight excluding hydrogens is 332 g/mol. The molecule has 0 radical (unpaired) electrons. The molecule has 1 amide bonds. The first-order chi connectivity index (χ1) is 11.9. The Morgan fingerprint density at radius 2 is 2.08 bits per heavy atom. The SMILES string of the molecule is CCN(Cc1ccccc1)C(=O)CNC(=NC)N1CCSC(C)(C)C1. The third-order valence-electron chi connectivity index (χ3n) is 4.29. The predicted octanol–water partition coefficient (Wildman–Crippen LogP) is 2.44. The van der Waals surface area contributed by atoms with E-state index in [-0.39, 0.29) is 17.2 Å². The van der Waals surface area contributed by atoms with Gasteiger partial charge in [-0.25, -0.2) is 0 Å². The Morgan fingerprint density at radius 3 is 2.68 bits per heavy atom. The van der Waals surface area contributed by atoms with E-state index in [4.69, 9.17) is 0 Å². The van der Waals surface area contributed by atoms with Gasteiger partial charge in [0.05, 0.1) is 6.54 Å². The van der Waals surface area contributed by atoms with Crippen LogP contribution in [0.4, 0.5) is 0 Å². The zero-order chi connectivity index (χ0) is 18.3. The van der Waals surface area contributed by atoms with Crippen LogP contribution in [0.25, 0.3) is 0 Å². The van der Waals surface area contributed by atoms with Crippen molar-refractivity contribution in [2.75, 3.05) is 39.0 Å². The van der Waals surface area contributed by atoms with Gasteiger partial charge in [0.25, 0.3) is 0 Å². The number of nitrogens with zero attached hydrogens (tertiary/aromatic N) is 3. The normalized spacial score (nSPS) is 17.3. The fraction of sp³-hybridized carbons (Fsp3) is 0.579. The molecular formula is C19H30N4OS. The summed E-state index contributed by atoms with van der Waals surface area (Å²) < 4.78 is 0.211. The van der Waals surface area contributed by atoms with Crippen LogP contribution in [-0.4, -0.2) is 65.4 Å². The van der Waals surface area contributed by atoms with Gasteiger partial charge in [-0.2, -0.15) is 11.8 Å². The largest absolute Gasteiger partial charge is 0.347 e. The number of likely N-dealkylation sites (N-methyl/N-ethyl adjacent to an activating group) is 1. The van der Waals surface area contributed by atoms with E-state index in [0.717, 1.165) is 30.4 Å². The molecule has 1 aromatic rings. The quantitative estimate of drug-likeness (QED) is 0.646. The van der Waals surface area contributed by atoms with E-state index in [0.29, 0.717) is 13.1 Å². The molecule has 138 valence electrons. The average Bonchev–Trinajstić information content (AvgIpc) is 2.60. The van der Waals surface area contributed by atoms with E-state index in [1.807, 2.05) is 41.8 Å². The second-order valence-electron chi connectivity index (χ2n) is 6.82. The molecule has 6 heteroatoms. The van der Waals surface area contributed by atoms with Crippen LogP contribution < -0.4 is 5.32 Å². The number of nitrogens with one attached hydrogen (secondary N) is 1. The van der Waals surface area contributed by atoms with E-state index in [1.54, 1.807) is 7.05 Å². The van der Waals surface area contributed by atoms with Gasteiger partial charge in [0.15, 0.2) is 5.96 Å². The first kappa shape index (κ1) is 19.6. The lowest BCUT2D eigenvalue weighted by Crippen LogP contribution is -2.52. The molecule has 0 atom stereocenters. The predicted molar refractivity (Wildman–Crippen MR) is 107 cm³/mol. The number of carbonyl (C=O) groups excluding carboxylic acids is 1. The number of carbonyl (C=O) groups is 1. The molecule has 5 nitrogen and oxygen atoms in total. The van der Waals surface area contributed by atoms with Gasteiger partial charge in [-0.15, -0.1) is 0 Å². The van der Waals surface area contributed by atoms with E-state index < -0.39 is 0 Å². The van der Waals surface area contributed by atoms with Gasteiger partial charge in [0, 0.05) is 43.7 Å². The molecule has 0 spiro atoms. The van der Waals surface area contributed by atoms with E-state index >= 15 is 0 Å². The summed E-state index contributed by atoms with van der Waals surface area (Å²) in [5.74, 6) is 1.99. The number of hydrogen-bond acceptors (Lipinski definition) is 3. The molecule has 0 aromatic heterocycles. The number of aliphatic imine (C=N–C) groups is 1. The molecule has 0 bridgehead atoms. The Hall–Kier alpha value is -1.69. The maximum atomic E-state index is 12.6. The number of guanidine groups is 1. The van der Waals surface area contributed by atoms with Crippen LogP contribution in [0.15, 0.2) is 35.3 Å². The van der Waals surface area contributed by atoms with Gasteiger partial charge in [-0.05, 0) is 26.3 Å². The van der Waals surface area contributed by atoms with Gasteiger partial charge in [0.2, 0.25) is 5.91 Å². The van der Waals surface area contributed by atoms with Crippen molar-refractivity contribution in [1.82, 2.24) is 15.1 Å². The second-order valence-corrected chi connectivity index (χ2v) is 8.63. The van der Waals surface area contributed by atoms with Crippen molar-refractivity contribution in [2.24, 2.45) is 4.99 Å². The first-order valence-corrected chi connectivity index (χ1v) is 9.85. The molecule has 2 rings (SSSR count). The van der Waals surface area contributed by atoms with Gasteiger partial charge in [0.1, 0.15) is 0 Å². The zero-order valence-corrected chi connectivity index (χ0v) is 16.6. The minimum Gasteiger partial charge on any atom is -0.347 e. The summed E-state index contributed by atoms with van der Waals surface area (Å²) in [6.45, 7) is 10.0. The fourth-order valence-corrected chi connectivity index (χ4v) is 4.09. The number of hydrogen-bond donors (Lipinski definition) is 1. The van der Waals surface area contributed by atoms with Crippen molar-refractivity contribution in [3.05, 3.63) is 35.9 Å². The minimum absolute atomic E-state index is 0.0955. The summed E-state index contributed by atoms with van der Waals surface area (Å²) in [4.78, 5) is 21.1. The molecule has 1 aromatic carbocycles. The minimum atomic E-state index is 0.0955. The Bertz CT molecular complexity index is 588. The standard InChI is InChI=1S/C19H30N4OS/c1-5-22(14-16-9-7-6-8-10-16)17(24)13-21-18(20-4)23-11-12-25-19(2,3)15-23/h6-10H,5,11-15H2,1-4H3,(H,20,21). The zero-order valence-electron chi connectivity index (χ0n) is 15.8. The maximum absolute atomic E-state index is 12.6. The lowest BCUT2D eigenvalue weighted by atomic mass is 10.2. The van der Waals surface area contributed by atoms with E-state index in [2.05, 4.69) is 41.2 Å². The first-order valence-electron chi connectivity index (χ1n) is 8.86. The van der Waals surface area contributed by atoms with E-state index in [9.17, 15) is 4.79 Å². The van der Waals surface area contributed by atoms with Crippen LogP contribution in [0.5, 0.6) is 0 Å². The number of benzene rings is 1. The van der Waals surface area contributed by atoms with Crippen LogP contribution in [0.3, 0.4) is 0 Å². The van der Waals surface area contributed by atoms with E-state index in [1.165, 1.54) is 0 Å². The Balaban J connectivity index is 1.90. The Kier molecular flexibility index (Phi) is 7.17. The van der Waals surface area contributed by atoms with Gasteiger partial charge < -0.3 is 15.1 Å². The van der Waals surface area contributed by atoms with Gasteiger partial charge in [-0.1, -0.05) is 30.3 Å². The number of amides is 1. The van der Waals surface area contributed by atoms with Gasteiger partial charge in [-0.3, -0.25) is 9.79 Å². The molecule has 0 aliphatic carbocycles. The van der Waals surface area contributed by atoms with Crippen molar-refractivity contribution in [1.29, 1.82) is 0 Å². The maximum Gasteiger partial charge on any atom is 0.242 e. The topological polar surface area (TPSA) is 47.9 Å². The Labute approximate surface area is 155 Å². The van der Waals surface area contributed by atoms with Crippen LogP contribution in [-0.2, 0) is 11.3 Å². The molecule has 1 heterocycles. The summed E-state index contributed by atoms with van der Waals surface area (Å²) in [5, 5.41) is 3.25. The Morgan fingerprint density at radius 1 is 1.36 bits per heavy atom. The summed E-state index contributed by atoms with van der Waals surface area (Å²) >= 11 is 1.99. The van der Waals surface area contributed by atoms with Crippen molar-refractivity contribution >= 4 is 23.6 Å². The second kappa shape index (κ2) is 9.13. The molecule has 1 aliphatic rings. The average molecular weight is 363 g/mol. The van der Waals surface area contributed by atoms with Crippen LogP contribution in [0, 0.1) is 0 Å². The summed E-state index contributed by atoms with van der Waals surface area (Å²) in [7, 11) is 1.78. The molecule has 1 saturated heterocycles. The van der Waals surface area contributed by atoms with Crippen LogP contribution in [0.2, 0.25) is 0 Å². The number of rotatable bonds is 5. The highest BCUT2D eigenvalue weighted by molar-refractivity contribution is 8.00. The van der Waals surface area contributed by atoms with Crippen molar-refractivity contribution in [2.45, 2.75) is 32.1 Å². The molecule has 0 unspecified atom stereocenters. The third-order valence-corrected chi connectivity index (χ3v) is 5.58. The smallest absolute Gasteiger partial charge is 0.242 e. The van der Waals surface area contributed by atoms with Crippen molar-refractivity contribution in [3.8, 4) is 0 Å². The fourth-order valence-electron chi connectivity index (χ4n) is 2.98. The molecule has 1 aliphatic heterocycles. The summed E-state index contributed by atoms with van der Waals surface area (Å²) in [6, 6.07) is 10.1. The molecule has 1 N–H and O–H groups in total. The van der Waals surface area contributed by atoms with Crippen LogP contribution in [0.1, 0.15) is 26.3 Å². The lowest BCUT2D eigenvalue weighted by molar-refractivity contribution is -0.130. The molecule has 0 saturated carbocycles. The van der Waals surface area contributed by atoms with Crippen molar-refractivity contribution in [3.63, 3.8) is 0 Å². The summed E-state index contributed by atoms with van der Waals surface area (Å²) in [5.41, 5.74) is 1.15. The highest BCUT2D eigenvalue weighted by Gasteiger charge is 2.28. The van der Waals surface area contributed by atoms with Crippen LogP contribution >= 0.6 is 11.8 Å². The highest BCUT2D eigenvalue weighted by Crippen LogP contribution is 2.29. The van der Waals surface area contributed by atoms with Crippen molar-refractivity contribution < 1.29 is 4.79 Å². The third kappa shape index (κ3) is 5.96.